The predicted octanol–water partition coefficient (Wildman–Crippen LogP) is 3.33. The maximum atomic E-state index is 9.40. The van der Waals surface area contributed by atoms with E-state index in [0.29, 0.717) is 6.42 Å². The number of aldehydes is 1. The third kappa shape index (κ3) is 9.67. The molecule has 66 valence electrons. The van der Waals surface area contributed by atoms with Crippen LogP contribution in [0.25, 0.3) is 0 Å². The molecular formula is C10H20O. The number of unbranched alkanes of at least 4 members (excludes halogenated alkanes) is 1. The number of rotatable bonds is 2. The number of carbonyl (C=O) groups excluding carboxylic acids is 1. The highest BCUT2D eigenvalue weighted by Gasteiger charge is 1.95. The molecule has 0 spiro atoms. The Morgan fingerprint density at radius 1 is 1.00 bits per heavy atom. The maximum Gasteiger partial charge on any atom is 0.119 e. The molecule has 0 amide bonds. The van der Waals surface area contributed by atoms with E-state index in [9.17, 15) is 4.79 Å². The van der Waals surface area contributed by atoms with Crippen LogP contribution in [-0.4, -0.2) is 6.29 Å². The van der Waals surface area contributed by atoms with Crippen LogP contribution in [0.1, 0.15) is 58.3 Å². The molecule has 0 aliphatic heterocycles. The zero-order valence-corrected chi connectivity index (χ0v) is 7.64. The van der Waals surface area contributed by atoms with Gasteiger partial charge in [0.15, 0.2) is 0 Å². The summed E-state index contributed by atoms with van der Waals surface area (Å²) in [6.07, 6.45) is 11.6. The number of hydrogen-bond donors (Lipinski definition) is 0. The Kier molecular flexibility index (Phi) is 9.38. The second kappa shape index (κ2) is 9.67. The van der Waals surface area contributed by atoms with Crippen LogP contribution in [0.2, 0.25) is 0 Å². The Morgan fingerprint density at radius 2 is 1.36 bits per heavy atom. The van der Waals surface area contributed by atoms with Crippen molar-refractivity contribution in [1.29, 1.82) is 0 Å². The highest BCUT2D eigenvalue weighted by Crippen LogP contribution is 2.15. The molecule has 0 aromatic heterocycles. The predicted molar refractivity (Wildman–Crippen MR) is 48.7 cm³/mol. The average Bonchev–Trinajstić information content (AvgIpc) is 2.10. The summed E-state index contributed by atoms with van der Waals surface area (Å²) in [7, 11) is 0. The van der Waals surface area contributed by atoms with Gasteiger partial charge in [-0.3, -0.25) is 0 Å². The fourth-order valence-electron chi connectivity index (χ4n) is 1.18. The average molecular weight is 156 g/mol. The second-order valence-electron chi connectivity index (χ2n) is 3.08. The lowest BCUT2D eigenvalue weighted by atomic mass is 10.0. The maximum absolute atomic E-state index is 9.40. The summed E-state index contributed by atoms with van der Waals surface area (Å²) in [4.78, 5) is 9.40. The molecule has 1 fully saturated rings. The molecule has 1 aliphatic carbocycles. The van der Waals surface area contributed by atoms with Crippen LogP contribution in [0.4, 0.5) is 0 Å². The summed E-state index contributed by atoms with van der Waals surface area (Å²) in [6, 6.07) is 0. The first kappa shape index (κ1) is 10.7. The largest absolute Gasteiger partial charge is 0.303 e. The fraction of sp³-hybridized carbons (Fsp3) is 0.900. The van der Waals surface area contributed by atoms with Crippen molar-refractivity contribution in [3.8, 4) is 0 Å². The first-order valence-corrected chi connectivity index (χ1v) is 4.85. The highest BCUT2D eigenvalue weighted by atomic mass is 16.1. The Bertz CT molecular complexity index is 63.4. The van der Waals surface area contributed by atoms with Gasteiger partial charge in [-0.1, -0.05) is 45.4 Å². The monoisotopic (exact) mass is 156 g/mol. The summed E-state index contributed by atoms with van der Waals surface area (Å²) in [5.41, 5.74) is 0. The van der Waals surface area contributed by atoms with Crippen molar-refractivity contribution >= 4 is 6.29 Å². The minimum Gasteiger partial charge on any atom is -0.303 e. The number of hydrogen-bond acceptors (Lipinski definition) is 1. The van der Waals surface area contributed by atoms with E-state index in [1.54, 1.807) is 0 Å². The molecule has 1 heteroatoms. The lowest BCUT2D eigenvalue weighted by Crippen LogP contribution is -1.85. The third-order valence-electron chi connectivity index (χ3n) is 1.91. The minimum atomic E-state index is 0.708. The van der Waals surface area contributed by atoms with E-state index in [1.807, 2.05) is 6.92 Å². The molecule has 1 saturated carbocycles. The van der Waals surface area contributed by atoms with E-state index >= 15 is 0 Å². The molecule has 11 heavy (non-hydrogen) atoms. The summed E-state index contributed by atoms with van der Waals surface area (Å²) in [6.45, 7) is 1.98. The normalized spacial score (nSPS) is 16.5. The van der Waals surface area contributed by atoms with Crippen LogP contribution in [0, 0.1) is 0 Å². The van der Waals surface area contributed by atoms with Crippen LogP contribution in [0.5, 0.6) is 0 Å². The summed E-state index contributed by atoms with van der Waals surface area (Å²) in [5.74, 6) is 0. The Balaban J connectivity index is 0.000000187. The van der Waals surface area contributed by atoms with Crippen LogP contribution < -0.4 is 0 Å². The van der Waals surface area contributed by atoms with E-state index in [2.05, 4.69) is 0 Å². The van der Waals surface area contributed by atoms with Crippen LogP contribution in [-0.2, 0) is 4.79 Å². The van der Waals surface area contributed by atoms with Crippen LogP contribution in [0.3, 0.4) is 0 Å². The van der Waals surface area contributed by atoms with Crippen molar-refractivity contribution in [2.75, 3.05) is 0 Å². The lowest BCUT2D eigenvalue weighted by molar-refractivity contribution is -0.107. The van der Waals surface area contributed by atoms with Gasteiger partial charge in [0.1, 0.15) is 6.29 Å². The molecular weight excluding hydrogens is 136 g/mol. The standard InChI is InChI=1S/C6H12.C4H8O/c1-2-4-6-5-3-1;1-2-3-4-5/h1-6H2;4H,2-3H2,1H3. The van der Waals surface area contributed by atoms with Crippen LogP contribution >= 0.6 is 0 Å². The third-order valence-corrected chi connectivity index (χ3v) is 1.91. The van der Waals surface area contributed by atoms with Crippen molar-refractivity contribution in [1.82, 2.24) is 0 Å². The Hall–Kier alpha value is -0.330. The minimum absolute atomic E-state index is 0.708. The van der Waals surface area contributed by atoms with Gasteiger partial charge in [-0.15, -0.1) is 0 Å². The van der Waals surface area contributed by atoms with E-state index in [0.717, 1.165) is 12.7 Å². The summed E-state index contributed by atoms with van der Waals surface area (Å²) in [5, 5.41) is 0. The second-order valence-corrected chi connectivity index (χ2v) is 3.08. The van der Waals surface area contributed by atoms with Gasteiger partial charge in [0.2, 0.25) is 0 Å². The molecule has 1 aliphatic rings. The smallest absolute Gasteiger partial charge is 0.119 e. The van der Waals surface area contributed by atoms with Gasteiger partial charge in [-0.2, -0.15) is 0 Å². The molecule has 0 heterocycles. The quantitative estimate of drug-likeness (QED) is 0.560. The molecule has 1 nitrogen and oxygen atoms in total. The van der Waals surface area contributed by atoms with Crippen molar-refractivity contribution in [2.24, 2.45) is 0 Å². The number of carbonyl (C=O) groups is 1. The van der Waals surface area contributed by atoms with E-state index in [4.69, 9.17) is 0 Å². The molecule has 0 atom stereocenters. The van der Waals surface area contributed by atoms with Gasteiger partial charge in [-0.25, -0.2) is 0 Å². The molecule has 1 rings (SSSR count). The topological polar surface area (TPSA) is 17.1 Å². The first-order valence-electron chi connectivity index (χ1n) is 4.85. The van der Waals surface area contributed by atoms with Gasteiger partial charge >= 0.3 is 0 Å². The first-order chi connectivity index (χ1) is 5.41. The van der Waals surface area contributed by atoms with Crippen molar-refractivity contribution in [3.05, 3.63) is 0 Å². The van der Waals surface area contributed by atoms with Crippen molar-refractivity contribution in [3.63, 3.8) is 0 Å². The molecule has 0 saturated heterocycles. The fourth-order valence-corrected chi connectivity index (χ4v) is 1.18. The molecule has 0 aromatic rings. The van der Waals surface area contributed by atoms with E-state index < -0.39 is 0 Å². The SMILES string of the molecule is C1CCCCC1.CCCC=O. The highest BCUT2D eigenvalue weighted by molar-refractivity contribution is 5.48. The van der Waals surface area contributed by atoms with Gasteiger partial charge in [0.25, 0.3) is 0 Å². The van der Waals surface area contributed by atoms with E-state index in [1.165, 1.54) is 38.5 Å². The summed E-state index contributed by atoms with van der Waals surface area (Å²) >= 11 is 0. The molecule has 0 unspecified atom stereocenters. The summed E-state index contributed by atoms with van der Waals surface area (Å²) < 4.78 is 0. The molecule has 0 radical (unpaired) electrons. The van der Waals surface area contributed by atoms with Crippen molar-refractivity contribution < 1.29 is 4.79 Å². The molecule has 0 bridgehead atoms. The van der Waals surface area contributed by atoms with Gasteiger partial charge in [0.05, 0.1) is 0 Å². The van der Waals surface area contributed by atoms with E-state index in [-0.39, 0.29) is 0 Å². The molecule has 0 aromatic carbocycles. The van der Waals surface area contributed by atoms with Gasteiger partial charge in [-0.05, 0) is 6.42 Å². The Labute approximate surface area is 70.2 Å². The zero-order valence-electron chi connectivity index (χ0n) is 7.64. The van der Waals surface area contributed by atoms with Gasteiger partial charge in [0, 0.05) is 6.42 Å². The zero-order chi connectivity index (χ0) is 8.36. The van der Waals surface area contributed by atoms with Crippen LogP contribution in [0.15, 0.2) is 0 Å². The van der Waals surface area contributed by atoms with Gasteiger partial charge < -0.3 is 4.79 Å². The lowest BCUT2D eigenvalue weighted by Gasteiger charge is -2.05. The Morgan fingerprint density at radius 3 is 1.45 bits per heavy atom. The molecule has 0 N–H and O–H groups in total. The van der Waals surface area contributed by atoms with Crippen molar-refractivity contribution in [2.45, 2.75) is 58.3 Å².